The molecule has 2 rings (SSSR count). The van der Waals surface area contributed by atoms with Gasteiger partial charge in [-0.1, -0.05) is 12.1 Å². The summed E-state index contributed by atoms with van der Waals surface area (Å²) in [5, 5.41) is 0. The van der Waals surface area contributed by atoms with Crippen molar-refractivity contribution in [2.24, 2.45) is 0 Å². The van der Waals surface area contributed by atoms with Gasteiger partial charge in [0.1, 0.15) is 11.4 Å². The van der Waals surface area contributed by atoms with Crippen molar-refractivity contribution in [2.75, 3.05) is 39.8 Å². The molecule has 1 aliphatic rings. The van der Waals surface area contributed by atoms with E-state index in [1.807, 2.05) is 32.9 Å². The van der Waals surface area contributed by atoms with Gasteiger partial charge in [-0.15, -0.1) is 0 Å². The Morgan fingerprint density at radius 2 is 1.79 bits per heavy atom. The number of ketones is 1. The van der Waals surface area contributed by atoms with Crippen LogP contribution in [0.5, 0.6) is 5.75 Å². The average molecular weight is 334 g/mol. The van der Waals surface area contributed by atoms with E-state index in [9.17, 15) is 9.59 Å². The standard InChI is InChI=1S/C18H26N2O4/c1-18(2,3)24-17(22)20-10-8-19(9-11-20)13-16(21)14-6-5-7-15(12-14)23-4/h5-7,12H,8-11,13H2,1-4H3. The molecule has 0 unspecified atom stereocenters. The van der Waals surface area contributed by atoms with Crippen LogP contribution in [0.15, 0.2) is 24.3 Å². The Hall–Kier alpha value is -2.08. The first-order chi connectivity index (χ1) is 11.3. The van der Waals surface area contributed by atoms with Crippen LogP contribution in [0, 0.1) is 0 Å². The SMILES string of the molecule is COc1cccc(C(=O)CN2CCN(C(=O)OC(C)(C)C)CC2)c1. The van der Waals surface area contributed by atoms with Gasteiger partial charge in [0.15, 0.2) is 5.78 Å². The third-order valence-electron chi connectivity index (χ3n) is 3.78. The van der Waals surface area contributed by atoms with Crippen LogP contribution in [-0.4, -0.2) is 67.1 Å². The molecule has 0 aliphatic carbocycles. The summed E-state index contributed by atoms with van der Waals surface area (Å²) >= 11 is 0. The van der Waals surface area contributed by atoms with E-state index in [-0.39, 0.29) is 11.9 Å². The number of Topliss-reactive ketones (excluding diaryl/α,β-unsaturated/α-hetero) is 1. The lowest BCUT2D eigenvalue weighted by molar-refractivity contribution is 0.0149. The Morgan fingerprint density at radius 3 is 2.38 bits per heavy atom. The molecule has 0 bridgehead atoms. The van der Waals surface area contributed by atoms with Crippen LogP contribution in [0.2, 0.25) is 0 Å². The molecule has 6 heteroatoms. The number of carbonyl (C=O) groups excluding carboxylic acids is 2. The first-order valence-corrected chi connectivity index (χ1v) is 8.16. The summed E-state index contributed by atoms with van der Waals surface area (Å²) in [5.74, 6) is 0.732. The fourth-order valence-corrected chi connectivity index (χ4v) is 2.51. The van der Waals surface area contributed by atoms with E-state index >= 15 is 0 Å². The molecular weight excluding hydrogens is 308 g/mol. The Bertz CT molecular complexity index is 587. The van der Waals surface area contributed by atoms with Crippen LogP contribution in [0.25, 0.3) is 0 Å². The van der Waals surface area contributed by atoms with Crippen molar-refractivity contribution in [1.82, 2.24) is 9.80 Å². The van der Waals surface area contributed by atoms with E-state index in [0.717, 1.165) is 0 Å². The van der Waals surface area contributed by atoms with E-state index in [0.29, 0.717) is 44.0 Å². The number of carbonyl (C=O) groups is 2. The average Bonchev–Trinajstić information content (AvgIpc) is 2.54. The highest BCUT2D eigenvalue weighted by Crippen LogP contribution is 2.15. The molecule has 6 nitrogen and oxygen atoms in total. The fourth-order valence-electron chi connectivity index (χ4n) is 2.51. The number of hydrogen-bond donors (Lipinski definition) is 0. The summed E-state index contributed by atoms with van der Waals surface area (Å²) in [6.07, 6.45) is -0.290. The van der Waals surface area contributed by atoms with Gasteiger partial charge in [-0.3, -0.25) is 9.69 Å². The summed E-state index contributed by atoms with van der Waals surface area (Å²) in [6, 6.07) is 7.17. The summed E-state index contributed by atoms with van der Waals surface area (Å²) in [7, 11) is 1.58. The van der Waals surface area contributed by atoms with Crippen molar-refractivity contribution in [1.29, 1.82) is 0 Å². The molecule has 1 fully saturated rings. The molecule has 0 atom stereocenters. The minimum absolute atomic E-state index is 0.0552. The largest absolute Gasteiger partial charge is 0.497 e. The molecule has 0 spiro atoms. The van der Waals surface area contributed by atoms with E-state index in [2.05, 4.69) is 4.90 Å². The van der Waals surface area contributed by atoms with Crippen LogP contribution in [0.3, 0.4) is 0 Å². The molecule has 0 radical (unpaired) electrons. The number of piperazine rings is 1. The molecule has 132 valence electrons. The number of benzene rings is 1. The third kappa shape index (κ3) is 5.23. The summed E-state index contributed by atoms with van der Waals surface area (Å²) in [6.45, 7) is 8.37. The Balaban J connectivity index is 1.84. The Morgan fingerprint density at radius 1 is 1.12 bits per heavy atom. The zero-order chi connectivity index (χ0) is 17.7. The van der Waals surface area contributed by atoms with Gasteiger partial charge in [-0.05, 0) is 32.9 Å². The van der Waals surface area contributed by atoms with Gasteiger partial charge in [0.25, 0.3) is 0 Å². The Kier molecular flexibility index (Phi) is 5.83. The van der Waals surface area contributed by atoms with Crippen LogP contribution in [0.4, 0.5) is 4.79 Å². The topological polar surface area (TPSA) is 59.1 Å². The molecule has 24 heavy (non-hydrogen) atoms. The number of ether oxygens (including phenoxy) is 2. The van der Waals surface area contributed by atoms with Gasteiger partial charge in [0, 0.05) is 31.7 Å². The molecule has 0 aromatic heterocycles. The zero-order valence-electron chi connectivity index (χ0n) is 14.9. The molecule has 1 aromatic rings. The van der Waals surface area contributed by atoms with Crippen molar-refractivity contribution < 1.29 is 19.1 Å². The highest BCUT2D eigenvalue weighted by Gasteiger charge is 2.26. The van der Waals surface area contributed by atoms with Crippen molar-refractivity contribution in [2.45, 2.75) is 26.4 Å². The summed E-state index contributed by atoms with van der Waals surface area (Å²) < 4.78 is 10.5. The van der Waals surface area contributed by atoms with Crippen LogP contribution >= 0.6 is 0 Å². The van der Waals surface area contributed by atoms with Crippen LogP contribution in [0.1, 0.15) is 31.1 Å². The summed E-state index contributed by atoms with van der Waals surface area (Å²) in [5.41, 5.74) is 0.153. The second kappa shape index (κ2) is 7.66. The first-order valence-electron chi connectivity index (χ1n) is 8.16. The van der Waals surface area contributed by atoms with Gasteiger partial charge < -0.3 is 14.4 Å². The van der Waals surface area contributed by atoms with E-state index in [1.54, 1.807) is 24.1 Å². The zero-order valence-corrected chi connectivity index (χ0v) is 14.9. The second-order valence-corrected chi connectivity index (χ2v) is 6.90. The van der Waals surface area contributed by atoms with Crippen molar-refractivity contribution in [3.05, 3.63) is 29.8 Å². The molecule has 1 saturated heterocycles. The predicted molar refractivity (Wildman–Crippen MR) is 91.6 cm³/mol. The first kappa shape index (κ1) is 18.3. The summed E-state index contributed by atoms with van der Waals surface area (Å²) in [4.78, 5) is 28.2. The van der Waals surface area contributed by atoms with Crippen molar-refractivity contribution >= 4 is 11.9 Å². The number of amides is 1. The normalized spacial score (nSPS) is 15.9. The molecule has 1 aromatic carbocycles. The lowest BCUT2D eigenvalue weighted by atomic mass is 10.1. The lowest BCUT2D eigenvalue weighted by Gasteiger charge is -2.35. The maximum absolute atomic E-state index is 12.4. The maximum Gasteiger partial charge on any atom is 0.410 e. The smallest absolute Gasteiger partial charge is 0.410 e. The minimum Gasteiger partial charge on any atom is -0.497 e. The number of hydrogen-bond acceptors (Lipinski definition) is 5. The highest BCUT2D eigenvalue weighted by atomic mass is 16.6. The van der Waals surface area contributed by atoms with E-state index in [1.165, 1.54) is 0 Å². The second-order valence-electron chi connectivity index (χ2n) is 6.90. The van der Waals surface area contributed by atoms with Gasteiger partial charge >= 0.3 is 6.09 Å². The molecule has 0 N–H and O–H groups in total. The van der Waals surface area contributed by atoms with Gasteiger partial charge in [0.05, 0.1) is 13.7 Å². The van der Waals surface area contributed by atoms with Crippen molar-refractivity contribution in [3.63, 3.8) is 0 Å². The van der Waals surface area contributed by atoms with Gasteiger partial charge in [0.2, 0.25) is 0 Å². The highest BCUT2D eigenvalue weighted by molar-refractivity contribution is 5.98. The van der Waals surface area contributed by atoms with Gasteiger partial charge in [-0.2, -0.15) is 0 Å². The number of rotatable bonds is 4. The molecule has 1 amide bonds. The predicted octanol–water partition coefficient (Wildman–Crippen LogP) is 2.43. The monoisotopic (exact) mass is 334 g/mol. The molecule has 0 saturated carbocycles. The molecule has 1 aliphatic heterocycles. The fraction of sp³-hybridized carbons (Fsp3) is 0.556. The molecular formula is C18H26N2O4. The number of methoxy groups -OCH3 is 1. The number of nitrogens with zero attached hydrogens (tertiary/aromatic N) is 2. The lowest BCUT2D eigenvalue weighted by Crippen LogP contribution is -2.51. The van der Waals surface area contributed by atoms with E-state index < -0.39 is 5.60 Å². The minimum atomic E-state index is -0.490. The van der Waals surface area contributed by atoms with Gasteiger partial charge in [-0.25, -0.2) is 4.79 Å². The van der Waals surface area contributed by atoms with E-state index in [4.69, 9.17) is 9.47 Å². The Labute approximate surface area is 143 Å². The van der Waals surface area contributed by atoms with Crippen LogP contribution in [-0.2, 0) is 4.74 Å². The quantitative estimate of drug-likeness (QED) is 0.792. The van der Waals surface area contributed by atoms with Crippen LogP contribution < -0.4 is 4.74 Å². The van der Waals surface area contributed by atoms with Crippen molar-refractivity contribution in [3.8, 4) is 5.75 Å². The third-order valence-corrected chi connectivity index (χ3v) is 3.78. The maximum atomic E-state index is 12.4. The molecule has 1 heterocycles.